The topological polar surface area (TPSA) is 69.4 Å². The Kier molecular flexibility index (Phi) is 3.38. The predicted octanol–water partition coefficient (Wildman–Crippen LogP) is 0.135. The molecule has 0 amide bonds. The number of hydrazine groups is 1. The van der Waals surface area contributed by atoms with Crippen molar-refractivity contribution < 1.29 is 23.1 Å². The Morgan fingerprint density at radius 2 is 1.94 bits per heavy atom. The van der Waals surface area contributed by atoms with Crippen LogP contribution in [0.15, 0.2) is 24.3 Å². The molecule has 0 aliphatic heterocycles. The van der Waals surface area contributed by atoms with Crippen molar-refractivity contribution in [1.29, 1.82) is 0 Å². The number of benzene rings is 1. The third kappa shape index (κ3) is 2.86. The summed E-state index contributed by atoms with van der Waals surface area (Å²) in [5, 5.41) is 10.7. The van der Waals surface area contributed by atoms with Crippen molar-refractivity contribution in [2.24, 2.45) is 5.84 Å². The van der Waals surface area contributed by atoms with Gasteiger partial charge in [0.05, 0.1) is 23.8 Å². The molecule has 88 valence electrons. The summed E-state index contributed by atoms with van der Waals surface area (Å²) in [4.78, 5) is 10.2. The Bertz CT molecular complexity index is 393. The second kappa shape index (κ2) is 4.40. The minimum absolute atomic E-state index is 0.404. The Morgan fingerprint density at radius 1 is 1.38 bits per heavy atom. The van der Waals surface area contributed by atoms with Crippen LogP contribution in [0.4, 0.5) is 18.9 Å². The molecule has 0 bridgehead atoms. The molecule has 0 aliphatic rings. The summed E-state index contributed by atoms with van der Waals surface area (Å²) in [6, 6.07) is 4.44. The zero-order valence-electron chi connectivity index (χ0n) is 7.99. The minimum Gasteiger partial charge on any atom is -0.548 e. The number of aliphatic carboxylic acids is 1. The van der Waals surface area contributed by atoms with Crippen LogP contribution >= 0.6 is 0 Å². The van der Waals surface area contributed by atoms with Gasteiger partial charge in [-0.3, -0.25) is 0 Å². The van der Waals surface area contributed by atoms with Gasteiger partial charge in [-0.15, -0.1) is 0 Å². The van der Waals surface area contributed by atoms with Crippen molar-refractivity contribution in [2.75, 3.05) is 11.6 Å². The molecule has 0 heterocycles. The Balaban J connectivity index is 3.08. The van der Waals surface area contributed by atoms with Gasteiger partial charge in [0.1, 0.15) is 0 Å². The molecule has 1 aromatic rings. The van der Waals surface area contributed by atoms with Gasteiger partial charge >= 0.3 is 6.18 Å². The minimum atomic E-state index is -4.58. The van der Waals surface area contributed by atoms with Crippen molar-refractivity contribution in [3.05, 3.63) is 29.8 Å². The zero-order chi connectivity index (χ0) is 12.3. The third-order valence-corrected chi connectivity index (χ3v) is 1.82. The number of hydrogen-bond acceptors (Lipinski definition) is 4. The summed E-state index contributed by atoms with van der Waals surface area (Å²) in [7, 11) is 0. The molecule has 1 aromatic carbocycles. The standard InChI is InChI=1S/C9H9F3N2O2/c10-9(11,12)6-3-1-2-4-7(6)14(13)5-8(15)16/h1-4H,5,13H2,(H,15,16)/p-1. The molecule has 0 spiro atoms. The number of nitrogens with two attached hydrogens (primary N) is 1. The summed E-state index contributed by atoms with van der Waals surface area (Å²) in [5.41, 5.74) is -1.39. The van der Waals surface area contributed by atoms with Gasteiger partial charge in [-0.1, -0.05) is 12.1 Å². The van der Waals surface area contributed by atoms with Crippen molar-refractivity contribution in [1.82, 2.24) is 0 Å². The average molecular weight is 233 g/mol. The summed E-state index contributed by atoms with van der Waals surface area (Å²) in [6.45, 7) is -0.812. The van der Waals surface area contributed by atoms with Crippen LogP contribution in [0.25, 0.3) is 0 Å². The fourth-order valence-electron chi connectivity index (χ4n) is 1.19. The average Bonchev–Trinajstić information content (AvgIpc) is 2.15. The molecule has 0 aromatic heterocycles. The first-order valence-electron chi connectivity index (χ1n) is 4.20. The molecular weight excluding hydrogens is 225 g/mol. The van der Waals surface area contributed by atoms with Crippen LogP contribution < -0.4 is 16.0 Å². The second-order valence-corrected chi connectivity index (χ2v) is 3.01. The number of anilines is 1. The van der Waals surface area contributed by atoms with Crippen molar-refractivity contribution in [3.8, 4) is 0 Å². The van der Waals surface area contributed by atoms with Crippen molar-refractivity contribution >= 4 is 11.7 Å². The summed E-state index contributed by atoms with van der Waals surface area (Å²) >= 11 is 0. The van der Waals surface area contributed by atoms with Crippen molar-refractivity contribution in [3.63, 3.8) is 0 Å². The van der Waals surface area contributed by atoms with E-state index in [-0.39, 0.29) is 0 Å². The van der Waals surface area contributed by atoms with Gasteiger partial charge in [0.25, 0.3) is 0 Å². The molecule has 0 unspecified atom stereocenters. The van der Waals surface area contributed by atoms with Crippen LogP contribution in [0.5, 0.6) is 0 Å². The van der Waals surface area contributed by atoms with Gasteiger partial charge in [-0.25, -0.2) is 5.84 Å². The van der Waals surface area contributed by atoms with Crippen LogP contribution in [-0.2, 0) is 11.0 Å². The molecule has 0 saturated heterocycles. The van der Waals surface area contributed by atoms with E-state index in [9.17, 15) is 23.1 Å². The van der Waals surface area contributed by atoms with Crippen LogP contribution in [0.2, 0.25) is 0 Å². The lowest BCUT2D eigenvalue weighted by atomic mass is 10.1. The quantitative estimate of drug-likeness (QED) is 0.595. The maximum absolute atomic E-state index is 12.5. The number of carbonyl (C=O) groups excluding carboxylic acids is 1. The molecule has 7 heteroatoms. The van der Waals surface area contributed by atoms with Gasteiger partial charge in [-0.05, 0) is 12.1 Å². The highest BCUT2D eigenvalue weighted by Gasteiger charge is 2.34. The highest BCUT2D eigenvalue weighted by Crippen LogP contribution is 2.35. The molecule has 2 N–H and O–H groups in total. The number of carboxylic acids is 1. The van der Waals surface area contributed by atoms with Crippen LogP contribution in [0, 0.1) is 0 Å². The smallest absolute Gasteiger partial charge is 0.418 e. The second-order valence-electron chi connectivity index (χ2n) is 3.01. The van der Waals surface area contributed by atoms with E-state index in [4.69, 9.17) is 5.84 Å². The molecule has 0 saturated carbocycles. The van der Waals surface area contributed by atoms with E-state index in [0.29, 0.717) is 5.01 Å². The maximum atomic E-state index is 12.5. The predicted molar refractivity (Wildman–Crippen MR) is 48.0 cm³/mol. The van der Waals surface area contributed by atoms with E-state index in [1.807, 2.05) is 0 Å². The molecule has 4 nitrogen and oxygen atoms in total. The van der Waals surface area contributed by atoms with E-state index in [2.05, 4.69) is 0 Å². The van der Waals surface area contributed by atoms with Crippen molar-refractivity contribution in [2.45, 2.75) is 6.18 Å². The van der Waals surface area contributed by atoms with Gasteiger partial charge in [0, 0.05) is 0 Å². The molecular formula is C9H8F3N2O2-. The number of rotatable bonds is 3. The number of nitrogens with zero attached hydrogens (tertiary/aromatic N) is 1. The summed E-state index contributed by atoms with van der Waals surface area (Å²) < 4.78 is 37.5. The lowest BCUT2D eigenvalue weighted by Crippen LogP contribution is -2.43. The zero-order valence-corrected chi connectivity index (χ0v) is 7.99. The lowest BCUT2D eigenvalue weighted by molar-refractivity contribution is -0.303. The lowest BCUT2D eigenvalue weighted by Gasteiger charge is -2.22. The SMILES string of the molecule is NN(CC(=O)[O-])c1ccccc1C(F)(F)F. The highest BCUT2D eigenvalue weighted by atomic mass is 19.4. The molecule has 0 radical (unpaired) electrons. The van der Waals surface area contributed by atoms with Gasteiger partial charge in [0.2, 0.25) is 0 Å². The first-order chi connectivity index (χ1) is 7.32. The number of alkyl halides is 3. The van der Waals surface area contributed by atoms with Gasteiger partial charge < -0.3 is 14.9 Å². The van der Waals surface area contributed by atoms with E-state index < -0.39 is 29.9 Å². The number of para-hydroxylation sites is 1. The molecule has 0 fully saturated rings. The van der Waals surface area contributed by atoms with Crippen LogP contribution in [0.3, 0.4) is 0 Å². The monoisotopic (exact) mass is 233 g/mol. The summed E-state index contributed by atoms with van der Waals surface area (Å²) in [6.07, 6.45) is -4.58. The Hall–Kier alpha value is -1.76. The largest absolute Gasteiger partial charge is 0.548 e. The van der Waals surface area contributed by atoms with E-state index in [1.165, 1.54) is 12.1 Å². The first-order valence-corrected chi connectivity index (χ1v) is 4.20. The number of hydrogen-bond donors (Lipinski definition) is 1. The van der Waals surface area contributed by atoms with Gasteiger partial charge in [0.15, 0.2) is 0 Å². The normalized spacial score (nSPS) is 11.2. The maximum Gasteiger partial charge on any atom is 0.418 e. The third-order valence-electron chi connectivity index (χ3n) is 1.82. The van der Waals surface area contributed by atoms with E-state index in [1.54, 1.807) is 0 Å². The number of halogens is 3. The molecule has 0 atom stereocenters. The Labute approximate surface area is 89.0 Å². The Morgan fingerprint density at radius 3 is 2.44 bits per heavy atom. The first kappa shape index (κ1) is 12.3. The fraction of sp³-hybridized carbons (Fsp3) is 0.222. The number of carboxylic acid groups (broad SMARTS) is 1. The number of carbonyl (C=O) groups is 1. The highest BCUT2D eigenvalue weighted by molar-refractivity contribution is 5.72. The fourth-order valence-corrected chi connectivity index (χ4v) is 1.19. The summed E-state index contributed by atoms with van der Waals surface area (Å²) in [5.74, 6) is 3.65. The molecule has 1 rings (SSSR count). The van der Waals surface area contributed by atoms with Crippen LogP contribution in [-0.4, -0.2) is 12.5 Å². The van der Waals surface area contributed by atoms with E-state index >= 15 is 0 Å². The van der Waals surface area contributed by atoms with Crippen LogP contribution in [0.1, 0.15) is 5.56 Å². The van der Waals surface area contributed by atoms with E-state index in [0.717, 1.165) is 12.1 Å². The molecule has 16 heavy (non-hydrogen) atoms. The van der Waals surface area contributed by atoms with Gasteiger partial charge in [-0.2, -0.15) is 13.2 Å². The molecule has 0 aliphatic carbocycles.